The van der Waals surface area contributed by atoms with Crippen LogP contribution in [0.25, 0.3) is 0 Å². The zero-order valence-electron chi connectivity index (χ0n) is 12.4. The number of hydrogen-bond donors (Lipinski definition) is 1. The molecule has 0 bridgehead atoms. The molecule has 2 heteroatoms. The van der Waals surface area contributed by atoms with E-state index in [0.717, 1.165) is 0 Å². The van der Waals surface area contributed by atoms with E-state index < -0.39 is 0 Å². The molecule has 0 spiro atoms. The third-order valence-corrected chi connectivity index (χ3v) is 6.69. The van der Waals surface area contributed by atoms with Gasteiger partial charge in [0.25, 0.3) is 0 Å². The molecule has 0 unspecified atom stereocenters. The summed E-state index contributed by atoms with van der Waals surface area (Å²) in [6.07, 6.45) is 2.37. The summed E-state index contributed by atoms with van der Waals surface area (Å²) in [5.74, 6) is 0. The van der Waals surface area contributed by atoms with Crippen LogP contribution < -0.4 is 16.3 Å². The SMILES string of the molecule is CCC[C@H]([C@@H](C)N)P(c1ccccc1)c1ccccc1. The number of rotatable bonds is 6. The van der Waals surface area contributed by atoms with E-state index in [0.29, 0.717) is 5.66 Å². The van der Waals surface area contributed by atoms with Crippen LogP contribution in [-0.2, 0) is 0 Å². The molecule has 2 atom stereocenters. The van der Waals surface area contributed by atoms with Crippen LogP contribution in [0.3, 0.4) is 0 Å². The number of nitrogens with two attached hydrogens (primary N) is 1. The van der Waals surface area contributed by atoms with Crippen molar-refractivity contribution in [1.82, 2.24) is 0 Å². The van der Waals surface area contributed by atoms with Crippen molar-refractivity contribution in [1.29, 1.82) is 0 Å². The number of hydrogen-bond acceptors (Lipinski definition) is 1. The molecule has 0 heterocycles. The van der Waals surface area contributed by atoms with Crippen molar-refractivity contribution in [3.8, 4) is 0 Å². The molecule has 0 amide bonds. The van der Waals surface area contributed by atoms with Crippen LogP contribution in [0.2, 0.25) is 0 Å². The molecule has 0 aliphatic rings. The highest BCUT2D eigenvalue weighted by molar-refractivity contribution is 7.73. The highest BCUT2D eigenvalue weighted by Gasteiger charge is 2.26. The van der Waals surface area contributed by atoms with Gasteiger partial charge in [-0.05, 0) is 31.9 Å². The molecular formula is C18H24NP. The highest BCUT2D eigenvalue weighted by atomic mass is 31.1. The average molecular weight is 285 g/mol. The lowest BCUT2D eigenvalue weighted by atomic mass is 10.1. The van der Waals surface area contributed by atoms with Crippen molar-refractivity contribution in [2.24, 2.45) is 5.73 Å². The molecule has 0 aliphatic heterocycles. The highest BCUT2D eigenvalue weighted by Crippen LogP contribution is 2.42. The molecule has 0 aliphatic carbocycles. The fourth-order valence-electron chi connectivity index (χ4n) is 2.63. The van der Waals surface area contributed by atoms with Gasteiger partial charge in [-0.25, -0.2) is 0 Å². The summed E-state index contributed by atoms with van der Waals surface area (Å²) in [5, 5.41) is 2.87. The summed E-state index contributed by atoms with van der Waals surface area (Å²) in [4.78, 5) is 0. The molecule has 2 aromatic rings. The molecule has 2 aromatic carbocycles. The average Bonchev–Trinajstić information content (AvgIpc) is 2.49. The first-order chi connectivity index (χ1) is 9.74. The molecule has 0 saturated carbocycles. The quantitative estimate of drug-likeness (QED) is 0.806. The Balaban J connectivity index is 2.43. The van der Waals surface area contributed by atoms with Gasteiger partial charge in [-0.3, -0.25) is 0 Å². The van der Waals surface area contributed by atoms with E-state index in [1.165, 1.54) is 23.5 Å². The van der Waals surface area contributed by atoms with Gasteiger partial charge in [0.1, 0.15) is 0 Å². The van der Waals surface area contributed by atoms with Crippen LogP contribution in [0.5, 0.6) is 0 Å². The minimum Gasteiger partial charge on any atom is -0.327 e. The van der Waals surface area contributed by atoms with Gasteiger partial charge < -0.3 is 5.73 Å². The summed E-state index contributed by atoms with van der Waals surface area (Å²) >= 11 is 0. The second-order valence-corrected chi connectivity index (χ2v) is 7.69. The van der Waals surface area contributed by atoms with E-state index in [-0.39, 0.29) is 14.0 Å². The van der Waals surface area contributed by atoms with Crippen LogP contribution in [0.4, 0.5) is 0 Å². The second kappa shape index (κ2) is 7.57. The normalized spacial score (nSPS) is 14.2. The van der Waals surface area contributed by atoms with Crippen LogP contribution >= 0.6 is 7.92 Å². The molecule has 0 saturated heterocycles. The van der Waals surface area contributed by atoms with Gasteiger partial charge in [0.2, 0.25) is 0 Å². The smallest absolute Gasteiger partial charge is 0.00842 e. The van der Waals surface area contributed by atoms with Crippen molar-refractivity contribution >= 4 is 18.5 Å². The number of benzene rings is 2. The summed E-state index contributed by atoms with van der Waals surface area (Å²) in [7, 11) is -0.385. The monoisotopic (exact) mass is 285 g/mol. The first kappa shape index (κ1) is 15.2. The summed E-state index contributed by atoms with van der Waals surface area (Å²) < 4.78 is 0. The summed E-state index contributed by atoms with van der Waals surface area (Å²) in [6, 6.07) is 22.0. The van der Waals surface area contributed by atoms with Crippen molar-refractivity contribution in [2.45, 2.75) is 38.4 Å². The van der Waals surface area contributed by atoms with Crippen LogP contribution in [0.1, 0.15) is 26.7 Å². The lowest BCUT2D eigenvalue weighted by Gasteiger charge is -2.31. The van der Waals surface area contributed by atoms with E-state index in [2.05, 4.69) is 74.5 Å². The zero-order chi connectivity index (χ0) is 14.4. The fraction of sp³-hybridized carbons (Fsp3) is 0.333. The van der Waals surface area contributed by atoms with E-state index >= 15 is 0 Å². The molecule has 2 rings (SSSR count). The molecule has 0 aromatic heterocycles. The van der Waals surface area contributed by atoms with E-state index in [4.69, 9.17) is 5.73 Å². The first-order valence-electron chi connectivity index (χ1n) is 7.39. The Morgan fingerprint density at radius 2 is 1.35 bits per heavy atom. The van der Waals surface area contributed by atoms with Gasteiger partial charge >= 0.3 is 0 Å². The molecular weight excluding hydrogens is 261 g/mol. The first-order valence-corrected chi connectivity index (χ1v) is 8.80. The van der Waals surface area contributed by atoms with Gasteiger partial charge in [-0.2, -0.15) is 0 Å². The molecule has 0 fully saturated rings. The predicted octanol–water partition coefficient (Wildman–Crippen LogP) is 3.64. The maximum atomic E-state index is 6.31. The third kappa shape index (κ3) is 3.69. The van der Waals surface area contributed by atoms with Gasteiger partial charge in [0.15, 0.2) is 0 Å². The third-order valence-electron chi connectivity index (χ3n) is 3.59. The molecule has 20 heavy (non-hydrogen) atoms. The van der Waals surface area contributed by atoms with Crippen LogP contribution in [0, 0.1) is 0 Å². The Kier molecular flexibility index (Phi) is 5.76. The fourth-order valence-corrected chi connectivity index (χ4v) is 5.67. The predicted molar refractivity (Wildman–Crippen MR) is 91.4 cm³/mol. The van der Waals surface area contributed by atoms with E-state index in [9.17, 15) is 0 Å². The van der Waals surface area contributed by atoms with Crippen LogP contribution in [0.15, 0.2) is 60.7 Å². The summed E-state index contributed by atoms with van der Waals surface area (Å²) in [6.45, 7) is 4.40. The van der Waals surface area contributed by atoms with Gasteiger partial charge in [0.05, 0.1) is 0 Å². The minimum atomic E-state index is -0.385. The largest absolute Gasteiger partial charge is 0.327 e. The lowest BCUT2D eigenvalue weighted by molar-refractivity contribution is 0.628. The van der Waals surface area contributed by atoms with Crippen molar-refractivity contribution in [3.05, 3.63) is 60.7 Å². The zero-order valence-corrected chi connectivity index (χ0v) is 13.3. The minimum absolute atomic E-state index is 0.224. The van der Waals surface area contributed by atoms with Crippen molar-refractivity contribution in [2.75, 3.05) is 0 Å². The Bertz CT molecular complexity index is 456. The van der Waals surface area contributed by atoms with Crippen LogP contribution in [-0.4, -0.2) is 11.7 Å². The Hall–Kier alpha value is -1.17. The van der Waals surface area contributed by atoms with Crippen molar-refractivity contribution in [3.63, 3.8) is 0 Å². The van der Waals surface area contributed by atoms with Crippen molar-refractivity contribution < 1.29 is 0 Å². The molecule has 1 nitrogen and oxygen atoms in total. The second-order valence-electron chi connectivity index (χ2n) is 5.26. The standard InChI is InChI=1S/C18H24NP/c1-3-10-18(15(2)19)20(16-11-6-4-7-12-16)17-13-8-5-9-14-17/h4-9,11-15,18H,3,10,19H2,1-2H3/t15-,18-/m1/s1. The molecule has 106 valence electrons. The Labute approximate surface area is 124 Å². The Morgan fingerprint density at radius 3 is 1.70 bits per heavy atom. The lowest BCUT2D eigenvalue weighted by Crippen LogP contribution is -2.35. The van der Waals surface area contributed by atoms with E-state index in [1.807, 2.05) is 0 Å². The summed E-state index contributed by atoms with van der Waals surface area (Å²) in [5.41, 5.74) is 6.86. The van der Waals surface area contributed by atoms with E-state index in [1.54, 1.807) is 0 Å². The maximum Gasteiger partial charge on any atom is 0.00842 e. The van der Waals surface area contributed by atoms with Gasteiger partial charge in [-0.15, -0.1) is 0 Å². The topological polar surface area (TPSA) is 26.0 Å². The van der Waals surface area contributed by atoms with Gasteiger partial charge in [-0.1, -0.05) is 74.0 Å². The van der Waals surface area contributed by atoms with Gasteiger partial charge in [0, 0.05) is 11.7 Å². The molecule has 0 radical (unpaired) electrons. The Morgan fingerprint density at radius 1 is 0.900 bits per heavy atom. The maximum absolute atomic E-state index is 6.31. The molecule has 2 N–H and O–H groups in total.